The van der Waals surface area contributed by atoms with Gasteiger partial charge in [0.05, 0.1) is 5.54 Å². The van der Waals surface area contributed by atoms with Gasteiger partial charge in [0.15, 0.2) is 0 Å². The maximum absolute atomic E-state index is 5.65. The third-order valence-electron chi connectivity index (χ3n) is 4.16. The first-order valence-electron chi connectivity index (χ1n) is 7.43. The van der Waals surface area contributed by atoms with Crippen LogP contribution in [0.3, 0.4) is 0 Å². The second kappa shape index (κ2) is 6.26. The first-order chi connectivity index (χ1) is 9.12. The summed E-state index contributed by atoms with van der Waals surface area (Å²) in [6, 6.07) is 11.1. The number of terminal acetylenes is 1. The zero-order valence-corrected chi connectivity index (χ0v) is 12.2. The summed E-state index contributed by atoms with van der Waals surface area (Å²) in [6.07, 6.45) is 12.4. The molecule has 0 bridgehead atoms. The molecule has 1 aliphatic carbocycles. The summed E-state index contributed by atoms with van der Waals surface area (Å²) < 4.78 is 0. The Bertz CT molecular complexity index is 421. The van der Waals surface area contributed by atoms with Crippen molar-refractivity contribution in [1.82, 2.24) is 5.32 Å². The van der Waals surface area contributed by atoms with Gasteiger partial charge in [0.2, 0.25) is 0 Å². The zero-order valence-electron chi connectivity index (χ0n) is 12.2. The van der Waals surface area contributed by atoms with Gasteiger partial charge in [0, 0.05) is 6.04 Å². The number of nitrogens with one attached hydrogen (secondary N) is 1. The fourth-order valence-electron chi connectivity index (χ4n) is 3.03. The first kappa shape index (κ1) is 14.2. The Morgan fingerprint density at radius 1 is 1.16 bits per heavy atom. The molecule has 1 aromatic rings. The highest BCUT2D eigenvalue weighted by molar-refractivity contribution is 5.22. The molecule has 0 radical (unpaired) electrons. The van der Waals surface area contributed by atoms with Crippen molar-refractivity contribution in [3.8, 4) is 12.3 Å². The predicted octanol–water partition coefficient (Wildman–Crippen LogP) is 4.31. The van der Waals surface area contributed by atoms with E-state index >= 15 is 0 Å². The van der Waals surface area contributed by atoms with Gasteiger partial charge in [-0.15, -0.1) is 6.42 Å². The molecule has 0 spiro atoms. The minimum atomic E-state index is -0.252. The van der Waals surface area contributed by atoms with E-state index in [0.29, 0.717) is 12.0 Å². The summed E-state index contributed by atoms with van der Waals surface area (Å²) in [5.74, 6) is 3.58. The van der Waals surface area contributed by atoms with Crippen molar-refractivity contribution in [3.05, 3.63) is 35.9 Å². The van der Waals surface area contributed by atoms with E-state index in [1.165, 1.54) is 37.7 Å². The Balaban J connectivity index is 2.20. The minimum absolute atomic E-state index is 0.252. The average Bonchev–Trinajstić information content (AvgIpc) is 2.47. The lowest BCUT2D eigenvalue weighted by molar-refractivity contribution is 0.244. The molecule has 0 amide bonds. The Hall–Kier alpha value is -1.26. The third kappa shape index (κ3) is 3.85. The zero-order chi connectivity index (χ0) is 13.7. The summed E-state index contributed by atoms with van der Waals surface area (Å²) >= 11 is 0. The topological polar surface area (TPSA) is 12.0 Å². The van der Waals surface area contributed by atoms with E-state index in [2.05, 4.69) is 55.4 Å². The molecule has 102 valence electrons. The molecule has 0 aromatic heterocycles. The smallest absolute Gasteiger partial charge is 0.0746 e. The highest BCUT2D eigenvalue weighted by atomic mass is 15.0. The Labute approximate surface area is 117 Å². The molecule has 1 saturated carbocycles. The van der Waals surface area contributed by atoms with Crippen LogP contribution in [0, 0.1) is 18.3 Å². The molecule has 1 atom stereocenters. The van der Waals surface area contributed by atoms with Gasteiger partial charge in [-0.25, -0.2) is 0 Å². The van der Waals surface area contributed by atoms with Crippen LogP contribution >= 0.6 is 0 Å². The number of hydrogen-bond acceptors (Lipinski definition) is 1. The molecular weight excluding hydrogens is 230 g/mol. The van der Waals surface area contributed by atoms with Gasteiger partial charge in [-0.05, 0) is 38.2 Å². The quantitative estimate of drug-likeness (QED) is 0.791. The number of hydrogen-bond donors (Lipinski definition) is 1. The van der Waals surface area contributed by atoms with Crippen molar-refractivity contribution < 1.29 is 0 Å². The molecule has 1 fully saturated rings. The first-order valence-corrected chi connectivity index (χ1v) is 7.43. The van der Waals surface area contributed by atoms with Crippen molar-refractivity contribution >= 4 is 0 Å². The van der Waals surface area contributed by atoms with E-state index in [4.69, 9.17) is 6.42 Å². The van der Waals surface area contributed by atoms with Crippen LogP contribution in [0.15, 0.2) is 30.3 Å². The van der Waals surface area contributed by atoms with Crippen molar-refractivity contribution in [2.75, 3.05) is 0 Å². The average molecular weight is 255 g/mol. The summed E-state index contributed by atoms with van der Waals surface area (Å²) in [6.45, 7) is 4.18. The van der Waals surface area contributed by atoms with Gasteiger partial charge in [-0.3, -0.25) is 5.32 Å². The van der Waals surface area contributed by atoms with Crippen LogP contribution in [0.25, 0.3) is 0 Å². The van der Waals surface area contributed by atoms with Crippen LogP contribution in [0.2, 0.25) is 0 Å². The van der Waals surface area contributed by atoms with Crippen LogP contribution in [0.1, 0.15) is 57.6 Å². The monoisotopic (exact) mass is 255 g/mol. The molecular formula is C18H25N. The van der Waals surface area contributed by atoms with E-state index in [9.17, 15) is 0 Å². The van der Waals surface area contributed by atoms with Crippen molar-refractivity contribution in [3.63, 3.8) is 0 Å². The van der Waals surface area contributed by atoms with Gasteiger partial charge in [0.1, 0.15) is 0 Å². The van der Waals surface area contributed by atoms with Gasteiger partial charge < -0.3 is 0 Å². The Morgan fingerprint density at radius 2 is 1.79 bits per heavy atom. The lowest BCUT2D eigenvalue weighted by atomic mass is 9.80. The van der Waals surface area contributed by atoms with Crippen LogP contribution in [0.4, 0.5) is 0 Å². The van der Waals surface area contributed by atoms with Gasteiger partial charge >= 0.3 is 0 Å². The lowest BCUT2D eigenvalue weighted by Gasteiger charge is -2.36. The molecule has 1 aromatic carbocycles. The van der Waals surface area contributed by atoms with E-state index in [1.807, 2.05) is 0 Å². The fraction of sp³-hybridized carbons (Fsp3) is 0.556. The standard InChI is InChI=1S/C18H25N/c1-4-18(2,3)19-17(15-11-7-5-8-12-15)16-13-9-6-10-14-16/h1,5,7-8,11-12,16-17,19H,6,9-10,13-14H2,2-3H3. The normalized spacial score (nSPS) is 18.8. The molecule has 2 rings (SSSR count). The van der Waals surface area contributed by atoms with E-state index in [1.54, 1.807) is 0 Å². The molecule has 1 N–H and O–H groups in total. The van der Waals surface area contributed by atoms with E-state index in [-0.39, 0.29) is 5.54 Å². The summed E-state index contributed by atoms with van der Waals surface area (Å²) in [5, 5.41) is 3.69. The van der Waals surface area contributed by atoms with Gasteiger partial charge in [-0.2, -0.15) is 0 Å². The van der Waals surface area contributed by atoms with Gasteiger partial charge in [-0.1, -0.05) is 55.5 Å². The molecule has 0 aliphatic heterocycles. The third-order valence-corrected chi connectivity index (χ3v) is 4.16. The second-order valence-corrected chi connectivity index (χ2v) is 6.20. The predicted molar refractivity (Wildman–Crippen MR) is 81.8 cm³/mol. The SMILES string of the molecule is C#CC(C)(C)NC(c1ccccc1)C1CCCCC1. The summed E-state index contributed by atoms with van der Waals surface area (Å²) in [7, 11) is 0. The van der Waals surface area contributed by atoms with Crippen molar-refractivity contribution in [2.45, 2.75) is 57.5 Å². The van der Waals surface area contributed by atoms with Crippen LogP contribution in [-0.4, -0.2) is 5.54 Å². The molecule has 19 heavy (non-hydrogen) atoms. The second-order valence-electron chi connectivity index (χ2n) is 6.20. The maximum Gasteiger partial charge on any atom is 0.0746 e. The summed E-state index contributed by atoms with van der Waals surface area (Å²) in [5.41, 5.74) is 1.12. The molecule has 0 saturated heterocycles. The Kier molecular flexibility index (Phi) is 4.66. The van der Waals surface area contributed by atoms with Crippen LogP contribution in [-0.2, 0) is 0 Å². The lowest BCUT2D eigenvalue weighted by Crippen LogP contribution is -2.43. The molecule has 0 heterocycles. The van der Waals surface area contributed by atoms with Crippen molar-refractivity contribution in [2.24, 2.45) is 5.92 Å². The molecule has 1 nitrogen and oxygen atoms in total. The number of benzene rings is 1. The minimum Gasteiger partial charge on any atom is -0.294 e. The van der Waals surface area contributed by atoms with E-state index < -0.39 is 0 Å². The van der Waals surface area contributed by atoms with Crippen LogP contribution < -0.4 is 5.32 Å². The molecule has 1 aliphatic rings. The highest BCUT2D eigenvalue weighted by Gasteiger charge is 2.29. The summed E-state index contributed by atoms with van der Waals surface area (Å²) in [4.78, 5) is 0. The largest absolute Gasteiger partial charge is 0.294 e. The fourth-order valence-corrected chi connectivity index (χ4v) is 3.03. The maximum atomic E-state index is 5.65. The highest BCUT2D eigenvalue weighted by Crippen LogP contribution is 2.35. The van der Waals surface area contributed by atoms with E-state index in [0.717, 1.165) is 0 Å². The molecule has 1 heteroatoms. The van der Waals surface area contributed by atoms with Crippen LogP contribution in [0.5, 0.6) is 0 Å². The van der Waals surface area contributed by atoms with Gasteiger partial charge in [0.25, 0.3) is 0 Å². The number of rotatable bonds is 4. The Morgan fingerprint density at radius 3 is 2.37 bits per heavy atom. The molecule has 1 unspecified atom stereocenters. The van der Waals surface area contributed by atoms with Crippen molar-refractivity contribution in [1.29, 1.82) is 0 Å².